The van der Waals surface area contributed by atoms with Gasteiger partial charge in [-0.25, -0.2) is 0 Å². The molecule has 1 saturated carbocycles. The van der Waals surface area contributed by atoms with Crippen LogP contribution in [0.3, 0.4) is 0 Å². The molecule has 142 valence electrons. The van der Waals surface area contributed by atoms with Gasteiger partial charge in [0.25, 0.3) is 5.91 Å². The summed E-state index contributed by atoms with van der Waals surface area (Å²) in [5.41, 5.74) is 1.45. The molecule has 0 unspecified atom stereocenters. The van der Waals surface area contributed by atoms with Crippen LogP contribution in [0.1, 0.15) is 53.9 Å². The van der Waals surface area contributed by atoms with Crippen molar-refractivity contribution in [2.45, 2.75) is 44.2 Å². The zero-order valence-corrected chi connectivity index (χ0v) is 14.3. The number of halogens is 3. The van der Waals surface area contributed by atoms with Gasteiger partial charge < -0.3 is 10.0 Å². The average Bonchev–Trinajstić information content (AvgIpc) is 3.08. The fourth-order valence-corrected chi connectivity index (χ4v) is 4.07. The second-order valence-corrected chi connectivity index (χ2v) is 7.26. The van der Waals surface area contributed by atoms with E-state index in [1.807, 2.05) is 12.1 Å². The van der Waals surface area contributed by atoms with Gasteiger partial charge in [0.1, 0.15) is 0 Å². The summed E-state index contributed by atoms with van der Waals surface area (Å²) in [5.74, 6) is -5.22. The topological polar surface area (TPSA) is 57.6 Å². The van der Waals surface area contributed by atoms with Gasteiger partial charge >= 0.3 is 12.1 Å². The lowest BCUT2D eigenvalue weighted by atomic mass is 9.84. The van der Waals surface area contributed by atoms with Crippen LogP contribution < -0.4 is 0 Å². The van der Waals surface area contributed by atoms with E-state index in [0.29, 0.717) is 11.5 Å². The number of rotatable bonds is 3. The van der Waals surface area contributed by atoms with E-state index in [2.05, 4.69) is 0 Å². The maximum absolute atomic E-state index is 13.1. The van der Waals surface area contributed by atoms with Gasteiger partial charge in [-0.3, -0.25) is 9.59 Å². The SMILES string of the molecule is O=C(O)[C@@H]1CN(C(=O)c2ccc(C3CCCCC3)cc2)C[C@H]1C(F)(F)F. The fraction of sp³-hybridized carbons (Fsp3) is 0.579. The average molecular weight is 369 g/mol. The van der Waals surface area contributed by atoms with Crippen molar-refractivity contribution < 1.29 is 27.9 Å². The highest BCUT2D eigenvalue weighted by Gasteiger charge is 2.53. The number of carbonyl (C=O) groups is 2. The molecule has 0 spiro atoms. The monoisotopic (exact) mass is 369 g/mol. The first-order chi connectivity index (χ1) is 12.3. The third-order valence-electron chi connectivity index (χ3n) is 5.58. The van der Waals surface area contributed by atoms with Gasteiger partial charge in [-0.1, -0.05) is 31.4 Å². The van der Waals surface area contributed by atoms with Gasteiger partial charge in [0.2, 0.25) is 0 Å². The van der Waals surface area contributed by atoms with Gasteiger partial charge in [-0.2, -0.15) is 13.2 Å². The lowest BCUT2D eigenvalue weighted by molar-refractivity contribution is -0.187. The number of carboxylic acids is 1. The molecule has 1 aliphatic carbocycles. The Bertz CT molecular complexity index is 666. The lowest BCUT2D eigenvalue weighted by Crippen LogP contribution is -2.34. The first-order valence-electron chi connectivity index (χ1n) is 8.96. The molecular formula is C19H22F3NO3. The van der Waals surface area contributed by atoms with Crippen LogP contribution in [-0.2, 0) is 4.79 Å². The second-order valence-electron chi connectivity index (χ2n) is 7.26. The van der Waals surface area contributed by atoms with Crippen molar-refractivity contribution in [3.05, 3.63) is 35.4 Å². The molecule has 1 aromatic carbocycles. The number of nitrogens with zero attached hydrogens (tertiary/aromatic N) is 1. The summed E-state index contributed by atoms with van der Waals surface area (Å²) in [5, 5.41) is 9.06. The zero-order valence-electron chi connectivity index (χ0n) is 14.3. The van der Waals surface area contributed by atoms with Crippen LogP contribution in [0.5, 0.6) is 0 Å². The molecule has 1 N–H and O–H groups in total. The summed E-state index contributed by atoms with van der Waals surface area (Å²) >= 11 is 0. The van der Waals surface area contributed by atoms with Crippen LogP contribution in [0, 0.1) is 11.8 Å². The largest absolute Gasteiger partial charge is 0.481 e. The van der Waals surface area contributed by atoms with E-state index in [1.54, 1.807) is 12.1 Å². The Morgan fingerprint density at radius 2 is 1.62 bits per heavy atom. The van der Waals surface area contributed by atoms with E-state index in [0.717, 1.165) is 23.3 Å². The number of carboxylic acid groups (broad SMARTS) is 1. The van der Waals surface area contributed by atoms with Crippen molar-refractivity contribution in [1.29, 1.82) is 0 Å². The van der Waals surface area contributed by atoms with Gasteiger partial charge in [-0.15, -0.1) is 0 Å². The molecule has 2 fully saturated rings. The first kappa shape index (κ1) is 18.7. The molecule has 4 nitrogen and oxygen atoms in total. The summed E-state index contributed by atoms with van der Waals surface area (Å²) in [6, 6.07) is 7.02. The number of likely N-dealkylation sites (tertiary alicyclic amines) is 1. The lowest BCUT2D eigenvalue weighted by Gasteiger charge is -2.22. The summed E-state index contributed by atoms with van der Waals surface area (Å²) in [4.78, 5) is 24.7. The summed E-state index contributed by atoms with van der Waals surface area (Å²) < 4.78 is 39.2. The summed E-state index contributed by atoms with van der Waals surface area (Å²) in [6.07, 6.45) is 1.22. The molecule has 1 aliphatic heterocycles. The highest BCUT2D eigenvalue weighted by molar-refractivity contribution is 5.95. The van der Waals surface area contributed by atoms with Crippen LogP contribution in [-0.4, -0.2) is 41.1 Å². The third-order valence-corrected chi connectivity index (χ3v) is 5.58. The van der Waals surface area contributed by atoms with E-state index < -0.39 is 43.0 Å². The van der Waals surface area contributed by atoms with Crippen molar-refractivity contribution in [2.24, 2.45) is 11.8 Å². The Morgan fingerprint density at radius 3 is 2.12 bits per heavy atom. The van der Waals surface area contributed by atoms with Gasteiger partial charge in [0.15, 0.2) is 0 Å². The number of hydrogen-bond donors (Lipinski definition) is 1. The Morgan fingerprint density at radius 1 is 1.00 bits per heavy atom. The van der Waals surface area contributed by atoms with E-state index >= 15 is 0 Å². The van der Waals surface area contributed by atoms with Crippen LogP contribution in [0.2, 0.25) is 0 Å². The number of benzene rings is 1. The van der Waals surface area contributed by atoms with Crippen molar-refractivity contribution in [3.63, 3.8) is 0 Å². The van der Waals surface area contributed by atoms with E-state index in [4.69, 9.17) is 5.11 Å². The molecule has 2 aliphatic rings. The number of aliphatic carboxylic acids is 1. The Hall–Kier alpha value is -2.05. The molecule has 0 bridgehead atoms. The molecule has 1 amide bonds. The molecule has 0 aromatic heterocycles. The van der Waals surface area contributed by atoms with Crippen molar-refractivity contribution >= 4 is 11.9 Å². The molecule has 3 rings (SSSR count). The van der Waals surface area contributed by atoms with Gasteiger partial charge in [-0.05, 0) is 36.5 Å². The standard InChI is InChI=1S/C19H22F3NO3/c20-19(21,22)16-11-23(10-15(16)18(25)26)17(24)14-8-6-13(7-9-14)12-4-2-1-3-5-12/h6-9,12,15-16H,1-5,10-11H2,(H,25,26)/t15-,16-/m1/s1. The predicted octanol–water partition coefficient (Wildman–Crippen LogP) is 4.07. The predicted molar refractivity (Wildman–Crippen MR) is 88.8 cm³/mol. The van der Waals surface area contributed by atoms with Crippen molar-refractivity contribution in [2.75, 3.05) is 13.1 Å². The second kappa shape index (κ2) is 7.29. The Kier molecular flexibility index (Phi) is 5.25. The van der Waals surface area contributed by atoms with E-state index in [-0.39, 0.29) is 0 Å². The van der Waals surface area contributed by atoms with Crippen molar-refractivity contribution in [3.8, 4) is 0 Å². The normalized spacial score (nSPS) is 24.7. The molecule has 2 atom stereocenters. The molecule has 1 saturated heterocycles. The Labute approximate surface area is 150 Å². The molecular weight excluding hydrogens is 347 g/mol. The van der Waals surface area contributed by atoms with Gasteiger partial charge in [0, 0.05) is 18.7 Å². The maximum atomic E-state index is 13.1. The van der Waals surface area contributed by atoms with Crippen LogP contribution in [0.4, 0.5) is 13.2 Å². The first-order valence-corrected chi connectivity index (χ1v) is 8.96. The third kappa shape index (κ3) is 3.86. The van der Waals surface area contributed by atoms with E-state index in [1.165, 1.54) is 19.3 Å². The molecule has 1 aromatic rings. The van der Waals surface area contributed by atoms with Crippen LogP contribution >= 0.6 is 0 Å². The molecule has 26 heavy (non-hydrogen) atoms. The van der Waals surface area contributed by atoms with E-state index in [9.17, 15) is 22.8 Å². The zero-order chi connectivity index (χ0) is 18.9. The minimum atomic E-state index is -4.64. The quantitative estimate of drug-likeness (QED) is 0.874. The number of hydrogen-bond acceptors (Lipinski definition) is 2. The number of alkyl halides is 3. The number of amides is 1. The molecule has 7 heteroatoms. The summed E-state index contributed by atoms with van der Waals surface area (Å²) in [6.45, 7) is -1.02. The van der Waals surface area contributed by atoms with Crippen LogP contribution in [0.25, 0.3) is 0 Å². The van der Waals surface area contributed by atoms with Gasteiger partial charge in [0.05, 0.1) is 11.8 Å². The summed E-state index contributed by atoms with van der Waals surface area (Å²) in [7, 11) is 0. The van der Waals surface area contributed by atoms with Crippen molar-refractivity contribution in [1.82, 2.24) is 4.90 Å². The minimum absolute atomic E-state index is 0.302. The smallest absolute Gasteiger partial charge is 0.394 e. The minimum Gasteiger partial charge on any atom is -0.481 e. The molecule has 1 heterocycles. The highest BCUT2D eigenvalue weighted by atomic mass is 19.4. The number of carbonyl (C=O) groups excluding carboxylic acids is 1. The molecule has 0 radical (unpaired) electrons. The fourth-order valence-electron chi connectivity index (χ4n) is 4.07. The van der Waals surface area contributed by atoms with Crippen LogP contribution in [0.15, 0.2) is 24.3 Å². The maximum Gasteiger partial charge on any atom is 0.394 e. The highest BCUT2D eigenvalue weighted by Crippen LogP contribution is 2.38. The Balaban J connectivity index is 1.72.